The minimum absolute atomic E-state index is 0.790. The molecule has 0 amide bonds. The van der Waals surface area contributed by atoms with Crippen LogP contribution in [-0.4, -0.2) is 46.9 Å². The molecule has 4 nitrogen and oxygen atoms in total. The van der Waals surface area contributed by atoms with E-state index in [9.17, 15) is 0 Å². The number of aryl methyl sites for hydroxylation is 1. The van der Waals surface area contributed by atoms with Crippen LogP contribution in [0.1, 0.15) is 19.0 Å². The summed E-state index contributed by atoms with van der Waals surface area (Å²) in [5, 5.41) is 7.79. The van der Waals surface area contributed by atoms with E-state index in [1.807, 2.05) is 17.9 Å². The topological polar surface area (TPSA) is 33.1 Å². The van der Waals surface area contributed by atoms with Crippen molar-refractivity contribution >= 4 is 0 Å². The molecule has 2 aliphatic heterocycles. The SMILES string of the molecule is CCC1C2CNCC2CN1CCc1ccnn1C. The molecule has 0 aromatic carbocycles. The Kier molecular flexibility index (Phi) is 3.39. The molecule has 0 radical (unpaired) electrons. The Morgan fingerprint density at radius 2 is 2.33 bits per heavy atom. The van der Waals surface area contributed by atoms with Gasteiger partial charge in [0.1, 0.15) is 0 Å². The van der Waals surface area contributed by atoms with Crippen LogP contribution in [0.5, 0.6) is 0 Å². The van der Waals surface area contributed by atoms with Crippen molar-refractivity contribution in [1.29, 1.82) is 0 Å². The van der Waals surface area contributed by atoms with Crippen LogP contribution in [0.4, 0.5) is 0 Å². The number of rotatable bonds is 4. The monoisotopic (exact) mass is 248 g/mol. The number of nitrogens with zero attached hydrogens (tertiary/aromatic N) is 3. The van der Waals surface area contributed by atoms with Gasteiger partial charge in [0, 0.05) is 44.5 Å². The van der Waals surface area contributed by atoms with Crippen molar-refractivity contribution in [2.24, 2.45) is 18.9 Å². The van der Waals surface area contributed by atoms with Gasteiger partial charge in [0.15, 0.2) is 0 Å². The van der Waals surface area contributed by atoms with Gasteiger partial charge in [-0.3, -0.25) is 9.58 Å². The average molecular weight is 248 g/mol. The van der Waals surface area contributed by atoms with Crippen molar-refractivity contribution in [3.63, 3.8) is 0 Å². The minimum Gasteiger partial charge on any atom is -0.316 e. The van der Waals surface area contributed by atoms with Crippen LogP contribution in [0.15, 0.2) is 12.3 Å². The Hall–Kier alpha value is -0.870. The lowest BCUT2D eigenvalue weighted by molar-refractivity contribution is 0.219. The van der Waals surface area contributed by atoms with Crippen LogP contribution in [0.25, 0.3) is 0 Å². The smallest absolute Gasteiger partial charge is 0.0492 e. The second kappa shape index (κ2) is 5.02. The molecule has 1 N–H and O–H groups in total. The second-order valence-corrected chi connectivity index (χ2v) is 5.75. The number of likely N-dealkylation sites (tertiary alicyclic amines) is 1. The Bertz CT molecular complexity index is 400. The summed E-state index contributed by atoms with van der Waals surface area (Å²) < 4.78 is 2.00. The first-order valence-corrected chi connectivity index (χ1v) is 7.21. The molecule has 0 saturated carbocycles. The summed E-state index contributed by atoms with van der Waals surface area (Å²) >= 11 is 0. The first-order valence-electron chi connectivity index (χ1n) is 7.21. The van der Waals surface area contributed by atoms with E-state index in [0.717, 1.165) is 24.3 Å². The first-order chi connectivity index (χ1) is 8.79. The lowest BCUT2D eigenvalue weighted by atomic mass is 9.93. The molecule has 3 heterocycles. The zero-order valence-electron chi connectivity index (χ0n) is 11.5. The molecule has 100 valence electrons. The predicted octanol–water partition coefficient (Wildman–Crippen LogP) is 0.892. The van der Waals surface area contributed by atoms with Crippen LogP contribution in [0.3, 0.4) is 0 Å². The molecule has 0 aliphatic carbocycles. The quantitative estimate of drug-likeness (QED) is 0.859. The van der Waals surface area contributed by atoms with Gasteiger partial charge in [-0.15, -0.1) is 0 Å². The molecular formula is C14H24N4. The van der Waals surface area contributed by atoms with Crippen LogP contribution in [0, 0.1) is 11.8 Å². The molecule has 2 aliphatic rings. The molecule has 2 saturated heterocycles. The molecule has 3 unspecified atom stereocenters. The lowest BCUT2D eigenvalue weighted by Crippen LogP contribution is -2.36. The van der Waals surface area contributed by atoms with Gasteiger partial charge in [-0.05, 0) is 37.4 Å². The van der Waals surface area contributed by atoms with Crippen LogP contribution < -0.4 is 5.32 Å². The maximum absolute atomic E-state index is 4.25. The zero-order chi connectivity index (χ0) is 12.5. The third-order valence-corrected chi connectivity index (χ3v) is 4.82. The molecule has 3 atom stereocenters. The normalized spacial score (nSPS) is 32.0. The molecule has 3 rings (SSSR count). The predicted molar refractivity (Wildman–Crippen MR) is 72.4 cm³/mol. The van der Waals surface area contributed by atoms with E-state index < -0.39 is 0 Å². The highest BCUT2D eigenvalue weighted by Gasteiger charge is 2.42. The van der Waals surface area contributed by atoms with Crippen LogP contribution in [0.2, 0.25) is 0 Å². The average Bonchev–Trinajstić information content (AvgIpc) is 3.01. The zero-order valence-corrected chi connectivity index (χ0v) is 11.5. The van der Waals surface area contributed by atoms with E-state index >= 15 is 0 Å². The fourth-order valence-electron chi connectivity index (χ4n) is 3.83. The summed E-state index contributed by atoms with van der Waals surface area (Å²) in [4.78, 5) is 2.71. The fourth-order valence-corrected chi connectivity index (χ4v) is 3.83. The van der Waals surface area contributed by atoms with E-state index in [1.165, 1.54) is 38.3 Å². The molecular weight excluding hydrogens is 224 g/mol. The number of aromatic nitrogens is 2. The van der Waals surface area contributed by atoms with E-state index in [-0.39, 0.29) is 0 Å². The largest absolute Gasteiger partial charge is 0.316 e. The maximum atomic E-state index is 4.25. The second-order valence-electron chi connectivity index (χ2n) is 5.75. The molecule has 0 spiro atoms. The standard InChI is InChI=1S/C14H24N4/c1-3-14-13-9-15-8-11(13)10-18(14)7-5-12-4-6-16-17(12)2/h4,6,11,13-15H,3,5,7-10H2,1-2H3. The maximum Gasteiger partial charge on any atom is 0.0492 e. The van der Waals surface area contributed by atoms with Gasteiger partial charge in [-0.25, -0.2) is 0 Å². The Morgan fingerprint density at radius 3 is 3.06 bits per heavy atom. The summed E-state index contributed by atoms with van der Waals surface area (Å²) in [7, 11) is 2.04. The highest BCUT2D eigenvalue weighted by Crippen LogP contribution is 2.34. The Balaban J connectivity index is 1.61. The van der Waals surface area contributed by atoms with E-state index in [4.69, 9.17) is 0 Å². The van der Waals surface area contributed by atoms with Gasteiger partial charge in [0.25, 0.3) is 0 Å². The van der Waals surface area contributed by atoms with Gasteiger partial charge < -0.3 is 5.32 Å². The first kappa shape index (κ1) is 12.2. The van der Waals surface area contributed by atoms with Crippen molar-refractivity contribution in [1.82, 2.24) is 20.0 Å². The van der Waals surface area contributed by atoms with Gasteiger partial charge in [-0.2, -0.15) is 5.10 Å². The van der Waals surface area contributed by atoms with E-state index in [1.54, 1.807) is 0 Å². The number of hydrogen-bond acceptors (Lipinski definition) is 3. The number of fused-ring (bicyclic) bond motifs is 1. The summed E-state index contributed by atoms with van der Waals surface area (Å²) in [6.07, 6.45) is 4.31. The van der Waals surface area contributed by atoms with E-state index in [0.29, 0.717) is 0 Å². The molecule has 0 bridgehead atoms. The van der Waals surface area contributed by atoms with Crippen molar-refractivity contribution in [3.8, 4) is 0 Å². The summed E-state index contributed by atoms with van der Waals surface area (Å²) in [5.41, 5.74) is 1.35. The molecule has 1 aromatic heterocycles. The third-order valence-electron chi connectivity index (χ3n) is 4.82. The van der Waals surface area contributed by atoms with Crippen LogP contribution in [-0.2, 0) is 13.5 Å². The van der Waals surface area contributed by atoms with E-state index in [2.05, 4.69) is 28.3 Å². The summed E-state index contributed by atoms with van der Waals surface area (Å²) in [6, 6.07) is 2.93. The fraction of sp³-hybridized carbons (Fsp3) is 0.786. The molecule has 2 fully saturated rings. The van der Waals surface area contributed by atoms with Gasteiger partial charge in [0.05, 0.1) is 0 Å². The Morgan fingerprint density at radius 1 is 1.44 bits per heavy atom. The van der Waals surface area contributed by atoms with Crippen molar-refractivity contribution in [2.75, 3.05) is 26.2 Å². The van der Waals surface area contributed by atoms with Gasteiger partial charge >= 0.3 is 0 Å². The molecule has 4 heteroatoms. The number of nitrogens with one attached hydrogen (secondary N) is 1. The lowest BCUT2D eigenvalue weighted by Gasteiger charge is -2.26. The highest BCUT2D eigenvalue weighted by molar-refractivity contribution is 5.03. The molecule has 18 heavy (non-hydrogen) atoms. The summed E-state index contributed by atoms with van der Waals surface area (Å²) in [6.45, 7) is 7.26. The van der Waals surface area contributed by atoms with Gasteiger partial charge in [0.2, 0.25) is 0 Å². The molecule has 1 aromatic rings. The minimum atomic E-state index is 0.790. The third kappa shape index (κ3) is 2.08. The van der Waals surface area contributed by atoms with Gasteiger partial charge in [-0.1, -0.05) is 6.92 Å². The van der Waals surface area contributed by atoms with Crippen LogP contribution >= 0.6 is 0 Å². The van der Waals surface area contributed by atoms with Crippen molar-refractivity contribution in [3.05, 3.63) is 18.0 Å². The highest BCUT2D eigenvalue weighted by atomic mass is 15.3. The van der Waals surface area contributed by atoms with Crippen molar-refractivity contribution in [2.45, 2.75) is 25.8 Å². The number of hydrogen-bond donors (Lipinski definition) is 1. The Labute approximate surface area is 109 Å². The summed E-state index contributed by atoms with van der Waals surface area (Å²) in [5.74, 6) is 1.78. The van der Waals surface area contributed by atoms with Crippen molar-refractivity contribution < 1.29 is 0 Å².